The molecule has 0 radical (unpaired) electrons. The molecule has 0 saturated carbocycles. The number of amides is 1. The molecule has 1 heterocycles. The molecule has 0 aromatic heterocycles. The van der Waals surface area contributed by atoms with Crippen LogP contribution in [0.3, 0.4) is 0 Å². The van der Waals surface area contributed by atoms with Gasteiger partial charge >= 0.3 is 7.82 Å². The first kappa shape index (κ1) is 23.1. The Hall–Kier alpha value is -1.20. The van der Waals surface area contributed by atoms with Gasteiger partial charge in [0.05, 0.1) is 0 Å². The van der Waals surface area contributed by atoms with Crippen LogP contribution in [0.25, 0.3) is 0 Å². The molecule has 1 amide bonds. The number of benzene rings is 1. The van der Waals surface area contributed by atoms with E-state index in [-0.39, 0.29) is 19.0 Å². The monoisotopic (exact) mass is 411 g/mol. The van der Waals surface area contributed by atoms with E-state index >= 15 is 0 Å². The van der Waals surface area contributed by atoms with E-state index in [9.17, 15) is 9.36 Å². The molecule has 0 aliphatic carbocycles. The van der Waals surface area contributed by atoms with Crippen molar-refractivity contribution in [3.8, 4) is 0 Å². The summed E-state index contributed by atoms with van der Waals surface area (Å²) in [5.74, 6) is 0.0315. The Morgan fingerprint density at radius 3 is 2.07 bits per heavy atom. The average molecular weight is 411 g/mol. The van der Waals surface area contributed by atoms with Crippen LogP contribution in [0.1, 0.15) is 69.4 Å². The molecule has 2 rings (SSSR count). The number of rotatable bonds is 13. The third-order valence-corrected chi connectivity index (χ3v) is 5.76. The van der Waals surface area contributed by atoms with Crippen molar-refractivity contribution in [2.24, 2.45) is 0 Å². The van der Waals surface area contributed by atoms with Crippen LogP contribution >= 0.6 is 7.82 Å². The summed E-state index contributed by atoms with van der Waals surface area (Å²) in [6.45, 7) is 2.77. The summed E-state index contributed by atoms with van der Waals surface area (Å²) in [6.07, 6.45) is 10.3. The molecule has 7 heteroatoms. The summed E-state index contributed by atoms with van der Waals surface area (Å²) in [4.78, 5) is 31.1. The number of phosphoric acid groups is 1. The quantitative estimate of drug-likeness (QED) is 0.375. The molecular weight excluding hydrogens is 377 g/mol. The zero-order valence-electron chi connectivity index (χ0n) is 16.9. The summed E-state index contributed by atoms with van der Waals surface area (Å²) < 4.78 is 15.3. The minimum absolute atomic E-state index is 0.0315. The Bertz CT molecular complexity index is 637. The standard InChI is InChI=1S/C21H34NO5P/c1-2-3-4-5-6-9-18-12-14-19(15-13-18)10-7-8-11-21(23)22-16-20(17-22)27-28(24,25)26/h12-15,20H,2-11,16-17H2,1H3,(H2,24,25,26). The second-order valence-corrected chi connectivity index (χ2v) is 8.90. The molecule has 1 aliphatic heterocycles. The Kier molecular flexibility index (Phi) is 9.66. The van der Waals surface area contributed by atoms with E-state index in [2.05, 4.69) is 35.7 Å². The van der Waals surface area contributed by atoms with Gasteiger partial charge in [0.2, 0.25) is 5.91 Å². The number of hydrogen-bond donors (Lipinski definition) is 2. The predicted molar refractivity (Wildman–Crippen MR) is 110 cm³/mol. The largest absolute Gasteiger partial charge is 0.469 e. The van der Waals surface area contributed by atoms with Crippen LogP contribution in [0.2, 0.25) is 0 Å². The van der Waals surface area contributed by atoms with E-state index in [1.165, 1.54) is 43.2 Å². The number of unbranched alkanes of at least 4 members (excludes halogenated alkanes) is 5. The molecule has 1 aromatic carbocycles. The van der Waals surface area contributed by atoms with Gasteiger partial charge in [-0.1, -0.05) is 56.9 Å². The van der Waals surface area contributed by atoms with Gasteiger partial charge in [-0.15, -0.1) is 0 Å². The summed E-state index contributed by atoms with van der Waals surface area (Å²) in [5, 5.41) is 0. The molecule has 1 aliphatic rings. The summed E-state index contributed by atoms with van der Waals surface area (Å²) in [7, 11) is -4.46. The molecule has 1 aromatic rings. The van der Waals surface area contributed by atoms with Crippen LogP contribution in [0.15, 0.2) is 24.3 Å². The van der Waals surface area contributed by atoms with Gasteiger partial charge < -0.3 is 14.7 Å². The van der Waals surface area contributed by atoms with Crippen LogP contribution in [-0.4, -0.2) is 39.8 Å². The van der Waals surface area contributed by atoms with E-state index < -0.39 is 13.9 Å². The second-order valence-electron chi connectivity index (χ2n) is 7.70. The summed E-state index contributed by atoms with van der Waals surface area (Å²) >= 11 is 0. The zero-order chi connectivity index (χ0) is 20.4. The Morgan fingerprint density at radius 2 is 1.54 bits per heavy atom. The molecule has 1 saturated heterocycles. The van der Waals surface area contributed by atoms with E-state index in [1.54, 1.807) is 4.90 Å². The Morgan fingerprint density at radius 1 is 1.00 bits per heavy atom. The normalized spacial score (nSPS) is 14.9. The molecule has 28 heavy (non-hydrogen) atoms. The van der Waals surface area contributed by atoms with Crippen molar-refractivity contribution in [1.29, 1.82) is 0 Å². The Balaban J connectivity index is 1.55. The van der Waals surface area contributed by atoms with Crippen molar-refractivity contribution in [3.63, 3.8) is 0 Å². The lowest BCUT2D eigenvalue weighted by atomic mass is 10.0. The maximum absolute atomic E-state index is 12.0. The van der Waals surface area contributed by atoms with Crippen molar-refractivity contribution < 1.29 is 23.7 Å². The molecule has 1 fully saturated rings. The van der Waals surface area contributed by atoms with Gasteiger partial charge in [0.1, 0.15) is 6.10 Å². The minimum Gasteiger partial charge on any atom is -0.337 e. The van der Waals surface area contributed by atoms with Crippen molar-refractivity contribution >= 4 is 13.7 Å². The number of hydrogen-bond acceptors (Lipinski definition) is 3. The molecule has 0 bridgehead atoms. The topological polar surface area (TPSA) is 87.1 Å². The number of phosphoric ester groups is 1. The summed E-state index contributed by atoms with van der Waals surface area (Å²) in [6, 6.07) is 8.84. The first-order valence-corrected chi connectivity index (χ1v) is 12.0. The molecule has 0 atom stereocenters. The van der Waals surface area contributed by atoms with E-state index in [0.717, 1.165) is 25.7 Å². The highest BCUT2D eigenvalue weighted by Gasteiger charge is 2.35. The number of carbonyl (C=O) groups is 1. The minimum atomic E-state index is -4.46. The highest BCUT2D eigenvalue weighted by molar-refractivity contribution is 7.46. The van der Waals surface area contributed by atoms with Crippen LogP contribution in [-0.2, 0) is 26.7 Å². The third kappa shape index (κ3) is 8.87. The smallest absolute Gasteiger partial charge is 0.337 e. The van der Waals surface area contributed by atoms with Crippen LogP contribution in [0.5, 0.6) is 0 Å². The zero-order valence-corrected chi connectivity index (χ0v) is 17.8. The molecule has 158 valence electrons. The lowest BCUT2D eigenvalue weighted by Gasteiger charge is -2.38. The van der Waals surface area contributed by atoms with Crippen molar-refractivity contribution in [1.82, 2.24) is 4.90 Å². The number of carbonyl (C=O) groups excluding carboxylic acids is 1. The fourth-order valence-electron chi connectivity index (χ4n) is 3.47. The average Bonchev–Trinajstić information content (AvgIpc) is 2.61. The Labute approximate surface area is 168 Å². The third-order valence-electron chi connectivity index (χ3n) is 5.19. The van der Waals surface area contributed by atoms with E-state index in [1.807, 2.05) is 0 Å². The number of likely N-dealkylation sites (tertiary alicyclic amines) is 1. The predicted octanol–water partition coefficient (Wildman–Crippen LogP) is 4.23. The lowest BCUT2D eigenvalue weighted by molar-refractivity contribution is -0.140. The van der Waals surface area contributed by atoms with Crippen molar-refractivity contribution in [2.45, 2.75) is 77.2 Å². The maximum atomic E-state index is 12.0. The molecule has 0 spiro atoms. The number of nitrogens with zero attached hydrogens (tertiary/aromatic N) is 1. The van der Waals surface area contributed by atoms with Crippen molar-refractivity contribution in [2.75, 3.05) is 13.1 Å². The van der Waals surface area contributed by atoms with Gasteiger partial charge in [-0.2, -0.15) is 0 Å². The first-order valence-electron chi connectivity index (χ1n) is 10.5. The lowest BCUT2D eigenvalue weighted by Crippen LogP contribution is -2.54. The van der Waals surface area contributed by atoms with Crippen LogP contribution in [0.4, 0.5) is 0 Å². The van der Waals surface area contributed by atoms with Gasteiger partial charge in [-0.25, -0.2) is 4.57 Å². The molecular formula is C21H34NO5P. The van der Waals surface area contributed by atoms with Gasteiger partial charge in [0, 0.05) is 19.5 Å². The fourth-order valence-corrected chi connectivity index (χ4v) is 3.99. The SMILES string of the molecule is CCCCCCCc1ccc(CCCCC(=O)N2CC(OP(=O)(O)O)C2)cc1. The van der Waals surface area contributed by atoms with E-state index in [0.29, 0.717) is 6.42 Å². The van der Waals surface area contributed by atoms with Gasteiger partial charge in [0.15, 0.2) is 0 Å². The highest BCUT2D eigenvalue weighted by Crippen LogP contribution is 2.39. The van der Waals surface area contributed by atoms with Crippen molar-refractivity contribution in [3.05, 3.63) is 35.4 Å². The van der Waals surface area contributed by atoms with Gasteiger partial charge in [-0.05, 0) is 43.2 Å². The maximum Gasteiger partial charge on any atom is 0.469 e. The molecule has 0 unspecified atom stereocenters. The fraction of sp³-hybridized carbons (Fsp3) is 0.667. The van der Waals surface area contributed by atoms with Gasteiger partial charge in [0.25, 0.3) is 0 Å². The second kappa shape index (κ2) is 11.7. The van der Waals surface area contributed by atoms with Crippen LogP contribution in [0, 0.1) is 0 Å². The highest BCUT2D eigenvalue weighted by atomic mass is 31.2. The molecule has 6 nitrogen and oxygen atoms in total. The van der Waals surface area contributed by atoms with Crippen LogP contribution < -0.4 is 0 Å². The molecule has 2 N–H and O–H groups in total. The van der Waals surface area contributed by atoms with E-state index in [4.69, 9.17) is 9.79 Å². The first-order chi connectivity index (χ1) is 13.4. The van der Waals surface area contributed by atoms with Gasteiger partial charge in [-0.3, -0.25) is 9.32 Å². The summed E-state index contributed by atoms with van der Waals surface area (Å²) in [5.41, 5.74) is 2.71. The number of aryl methyl sites for hydroxylation is 2.